The SMILES string of the molecule is O=C(NC1CC1)c1cc(NCc2cccnc2)nc(-c2ccccc2)n1. The first-order valence-electron chi connectivity index (χ1n) is 8.66. The van der Waals surface area contributed by atoms with E-state index in [0.717, 1.165) is 24.0 Å². The molecule has 0 bridgehead atoms. The number of nitrogens with zero attached hydrogens (tertiary/aromatic N) is 3. The van der Waals surface area contributed by atoms with E-state index in [1.54, 1.807) is 18.5 Å². The lowest BCUT2D eigenvalue weighted by atomic mass is 10.2. The summed E-state index contributed by atoms with van der Waals surface area (Å²) in [5.41, 5.74) is 2.29. The van der Waals surface area contributed by atoms with Gasteiger partial charge in [-0.15, -0.1) is 0 Å². The van der Waals surface area contributed by atoms with Crippen molar-refractivity contribution in [3.8, 4) is 11.4 Å². The molecular formula is C20H19N5O. The predicted octanol–water partition coefficient (Wildman–Crippen LogP) is 3.04. The van der Waals surface area contributed by atoms with Crippen LogP contribution < -0.4 is 10.6 Å². The van der Waals surface area contributed by atoms with Crippen molar-refractivity contribution in [2.75, 3.05) is 5.32 Å². The molecule has 2 aromatic heterocycles. The molecule has 0 spiro atoms. The van der Waals surface area contributed by atoms with Crippen molar-refractivity contribution in [2.24, 2.45) is 0 Å². The molecule has 1 saturated carbocycles. The molecule has 3 aromatic rings. The van der Waals surface area contributed by atoms with Gasteiger partial charge in [-0.3, -0.25) is 9.78 Å². The van der Waals surface area contributed by atoms with E-state index in [0.29, 0.717) is 23.9 Å². The molecule has 0 saturated heterocycles. The molecule has 0 aliphatic heterocycles. The number of benzene rings is 1. The number of rotatable bonds is 6. The molecule has 1 fully saturated rings. The first-order chi connectivity index (χ1) is 12.8. The van der Waals surface area contributed by atoms with Gasteiger partial charge in [-0.05, 0) is 24.5 Å². The van der Waals surface area contributed by atoms with E-state index < -0.39 is 0 Å². The Hall–Kier alpha value is -3.28. The van der Waals surface area contributed by atoms with Gasteiger partial charge in [-0.25, -0.2) is 9.97 Å². The molecule has 26 heavy (non-hydrogen) atoms. The molecule has 130 valence electrons. The Morgan fingerprint density at radius 1 is 1.08 bits per heavy atom. The van der Waals surface area contributed by atoms with Gasteiger partial charge in [0.2, 0.25) is 0 Å². The van der Waals surface area contributed by atoms with Gasteiger partial charge in [-0.2, -0.15) is 0 Å². The second-order valence-corrected chi connectivity index (χ2v) is 6.29. The van der Waals surface area contributed by atoms with Crippen LogP contribution in [-0.4, -0.2) is 26.9 Å². The molecule has 0 atom stereocenters. The van der Waals surface area contributed by atoms with Crippen molar-refractivity contribution in [3.63, 3.8) is 0 Å². The van der Waals surface area contributed by atoms with Gasteiger partial charge < -0.3 is 10.6 Å². The molecule has 1 aliphatic carbocycles. The van der Waals surface area contributed by atoms with E-state index in [1.165, 1.54) is 0 Å². The maximum Gasteiger partial charge on any atom is 0.270 e. The van der Waals surface area contributed by atoms with Gasteiger partial charge in [0, 0.05) is 36.6 Å². The standard InChI is InChI=1S/C20H19N5O/c26-20(23-16-8-9-16)17-11-18(22-13-14-5-4-10-21-12-14)25-19(24-17)15-6-2-1-3-7-15/h1-7,10-12,16H,8-9,13H2,(H,23,26)(H,22,24,25). The maximum atomic E-state index is 12.5. The Balaban J connectivity index is 1.62. The highest BCUT2D eigenvalue weighted by molar-refractivity contribution is 5.93. The quantitative estimate of drug-likeness (QED) is 0.718. The van der Waals surface area contributed by atoms with Crippen LogP contribution in [0, 0.1) is 0 Å². The molecule has 4 rings (SSSR count). The Kier molecular flexibility index (Phi) is 4.55. The first-order valence-corrected chi connectivity index (χ1v) is 8.66. The van der Waals surface area contributed by atoms with E-state index in [-0.39, 0.29) is 11.9 Å². The minimum Gasteiger partial charge on any atom is -0.366 e. The Labute approximate surface area is 151 Å². The molecule has 2 heterocycles. The van der Waals surface area contributed by atoms with Crippen molar-refractivity contribution in [1.29, 1.82) is 0 Å². The summed E-state index contributed by atoms with van der Waals surface area (Å²) in [5.74, 6) is 0.989. The molecule has 6 heteroatoms. The first kappa shape index (κ1) is 16.2. The van der Waals surface area contributed by atoms with E-state index in [2.05, 4.69) is 25.6 Å². The number of hydrogen-bond donors (Lipinski definition) is 2. The van der Waals surface area contributed by atoms with E-state index in [9.17, 15) is 4.79 Å². The average molecular weight is 345 g/mol. The third-order valence-electron chi connectivity index (χ3n) is 4.10. The minimum absolute atomic E-state index is 0.156. The Morgan fingerprint density at radius 3 is 2.65 bits per heavy atom. The zero-order valence-corrected chi connectivity index (χ0v) is 14.2. The highest BCUT2D eigenvalue weighted by atomic mass is 16.2. The summed E-state index contributed by atoms with van der Waals surface area (Å²) in [6.07, 6.45) is 5.61. The number of anilines is 1. The Morgan fingerprint density at radius 2 is 1.92 bits per heavy atom. The monoisotopic (exact) mass is 345 g/mol. The summed E-state index contributed by atoms with van der Waals surface area (Å²) in [6, 6.07) is 15.5. The fraction of sp³-hybridized carbons (Fsp3) is 0.200. The van der Waals surface area contributed by atoms with Crippen LogP contribution >= 0.6 is 0 Å². The third kappa shape index (κ3) is 4.03. The van der Waals surface area contributed by atoms with E-state index >= 15 is 0 Å². The lowest BCUT2D eigenvalue weighted by Gasteiger charge is -2.10. The Bertz CT molecular complexity index is 895. The summed E-state index contributed by atoms with van der Waals surface area (Å²) < 4.78 is 0. The number of amides is 1. The van der Waals surface area contributed by atoms with Crippen molar-refractivity contribution in [2.45, 2.75) is 25.4 Å². The summed E-state index contributed by atoms with van der Waals surface area (Å²) in [4.78, 5) is 25.6. The summed E-state index contributed by atoms with van der Waals surface area (Å²) in [5, 5.41) is 6.25. The average Bonchev–Trinajstić information content (AvgIpc) is 3.51. The molecule has 6 nitrogen and oxygen atoms in total. The molecule has 0 radical (unpaired) electrons. The highest BCUT2D eigenvalue weighted by Crippen LogP contribution is 2.21. The van der Waals surface area contributed by atoms with Gasteiger partial charge in [-0.1, -0.05) is 36.4 Å². The van der Waals surface area contributed by atoms with Crippen LogP contribution in [-0.2, 0) is 6.54 Å². The topological polar surface area (TPSA) is 79.8 Å². The van der Waals surface area contributed by atoms with E-state index in [4.69, 9.17) is 0 Å². The fourth-order valence-corrected chi connectivity index (χ4v) is 2.55. The lowest BCUT2D eigenvalue weighted by Crippen LogP contribution is -2.26. The van der Waals surface area contributed by atoms with Crippen molar-refractivity contribution >= 4 is 11.7 Å². The normalized spacial score (nSPS) is 13.2. The van der Waals surface area contributed by atoms with Gasteiger partial charge in [0.05, 0.1) is 0 Å². The van der Waals surface area contributed by atoms with Crippen LogP contribution in [0.3, 0.4) is 0 Å². The van der Waals surface area contributed by atoms with Gasteiger partial charge in [0.15, 0.2) is 5.82 Å². The van der Waals surface area contributed by atoms with Crippen LogP contribution in [0.2, 0.25) is 0 Å². The van der Waals surface area contributed by atoms with E-state index in [1.807, 2.05) is 42.5 Å². The van der Waals surface area contributed by atoms with Crippen molar-refractivity contribution in [1.82, 2.24) is 20.3 Å². The highest BCUT2D eigenvalue weighted by Gasteiger charge is 2.25. The smallest absolute Gasteiger partial charge is 0.270 e. The summed E-state index contributed by atoms with van der Waals surface area (Å²) in [6.45, 7) is 0.572. The minimum atomic E-state index is -0.156. The number of aromatic nitrogens is 3. The largest absolute Gasteiger partial charge is 0.366 e. The second kappa shape index (κ2) is 7.31. The molecule has 2 N–H and O–H groups in total. The number of hydrogen-bond acceptors (Lipinski definition) is 5. The van der Waals surface area contributed by atoms with Crippen LogP contribution in [0.25, 0.3) is 11.4 Å². The van der Waals surface area contributed by atoms with Crippen molar-refractivity contribution < 1.29 is 4.79 Å². The predicted molar refractivity (Wildman–Crippen MR) is 99.5 cm³/mol. The molecule has 1 aliphatic rings. The van der Waals surface area contributed by atoms with Gasteiger partial charge in [0.25, 0.3) is 5.91 Å². The zero-order chi connectivity index (χ0) is 17.8. The van der Waals surface area contributed by atoms with Gasteiger partial charge in [0.1, 0.15) is 11.5 Å². The zero-order valence-electron chi connectivity index (χ0n) is 14.2. The third-order valence-corrected chi connectivity index (χ3v) is 4.10. The van der Waals surface area contributed by atoms with Crippen LogP contribution in [0.4, 0.5) is 5.82 Å². The maximum absolute atomic E-state index is 12.5. The molecule has 1 amide bonds. The molecule has 1 aromatic carbocycles. The van der Waals surface area contributed by atoms with Gasteiger partial charge >= 0.3 is 0 Å². The number of carbonyl (C=O) groups is 1. The van der Waals surface area contributed by atoms with Crippen LogP contribution in [0.1, 0.15) is 28.9 Å². The summed E-state index contributed by atoms with van der Waals surface area (Å²) in [7, 11) is 0. The molecule has 0 unspecified atom stereocenters. The fourth-order valence-electron chi connectivity index (χ4n) is 2.55. The number of nitrogens with one attached hydrogen (secondary N) is 2. The van der Waals surface area contributed by atoms with Crippen LogP contribution in [0.5, 0.6) is 0 Å². The lowest BCUT2D eigenvalue weighted by molar-refractivity contribution is 0.0946. The molecular weight excluding hydrogens is 326 g/mol. The van der Waals surface area contributed by atoms with Crippen molar-refractivity contribution in [3.05, 3.63) is 72.2 Å². The number of carbonyl (C=O) groups excluding carboxylic acids is 1. The van der Waals surface area contributed by atoms with Crippen LogP contribution in [0.15, 0.2) is 60.9 Å². The number of pyridine rings is 1. The second-order valence-electron chi connectivity index (χ2n) is 6.29. The summed E-state index contributed by atoms with van der Waals surface area (Å²) >= 11 is 0.